The van der Waals surface area contributed by atoms with Crippen molar-refractivity contribution in [3.8, 4) is 0 Å². The molecule has 0 aromatic heterocycles. The minimum absolute atomic E-state index is 0.0459. The monoisotopic (exact) mass is 229 g/mol. The van der Waals surface area contributed by atoms with Crippen LogP contribution in [0.2, 0.25) is 0 Å². The van der Waals surface area contributed by atoms with Gasteiger partial charge >= 0.3 is 0 Å². The third kappa shape index (κ3) is 3.18. The van der Waals surface area contributed by atoms with Gasteiger partial charge in [0.25, 0.3) is 0 Å². The Morgan fingerprint density at radius 2 is 2.25 bits per heavy atom. The largest absolute Gasteiger partial charge is 0.383 e. The second-order valence-corrected chi connectivity index (χ2v) is 3.99. The maximum atomic E-state index is 11.8. The average molecular weight is 229 g/mol. The van der Waals surface area contributed by atoms with E-state index in [1.807, 2.05) is 0 Å². The molecular weight excluding hydrogens is 210 g/mol. The van der Waals surface area contributed by atoms with Crippen LogP contribution in [0.4, 0.5) is 0 Å². The van der Waals surface area contributed by atoms with Gasteiger partial charge in [0.05, 0.1) is 13.2 Å². The van der Waals surface area contributed by atoms with Gasteiger partial charge in [-0.2, -0.15) is 0 Å². The summed E-state index contributed by atoms with van der Waals surface area (Å²) in [6.45, 7) is 1.56. The van der Waals surface area contributed by atoms with Crippen molar-refractivity contribution < 1.29 is 14.3 Å². The highest BCUT2D eigenvalue weighted by Crippen LogP contribution is 2.04. The summed E-state index contributed by atoms with van der Waals surface area (Å²) >= 11 is 0. The molecule has 0 aliphatic carbocycles. The fourth-order valence-electron chi connectivity index (χ4n) is 1.66. The van der Waals surface area contributed by atoms with Gasteiger partial charge in [0.15, 0.2) is 0 Å². The van der Waals surface area contributed by atoms with Crippen LogP contribution in [-0.4, -0.2) is 68.1 Å². The van der Waals surface area contributed by atoms with E-state index in [2.05, 4.69) is 0 Å². The summed E-state index contributed by atoms with van der Waals surface area (Å²) in [5.41, 5.74) is 5.65. The van der Waals surface area contributed by atoms with E-state index in [4.69, 9.17) is 10.5 Å². The SMILES string of the molecule is COCC(N)C(=O)N1CCCN(C)C(=O)C1. The van der Waals surface area contributed by atoms with E-state index in [0.717, 1.165) is 6.42 Å². The number of amides is 2. The van der Waals surface area contributed by atoms with Crippen molar-refractivity contribution >= 4 is 11.8 Å². The maximum Gasteiger partial charge on any atom is 0.242 e. The van der Waals surface area contributed by atoms with Crippen LogP contribution in [0.25, 0.3) is 0 Å². The summed E-state index contributed by atoms with van der Waals surface area (Å²) in [5, 5.41) is 0. The van der Waals surface area contributed by atoms with Gasteiger partial charge in [-0.05, 0) is 6.42 Å². The molecule has 0 bridgehead atoms. The van der Waals surface area contributed by atoms with Crippen molar-refractivity contribution in [1.82, 2.24) is 9.80 Å². The molecule has 0 radical (unpaired) electrons. The smallest absolute Gasteiger partial charge is 0.242 e. The van der Waals surface area contributed by atoms with Gasteiger partial charge in [-0.3, -0.25) is 9.59 Å². The number of hydrogen-bond donors (Lipinski definition) is 1. The molecule has 0 aromatic carbocycles. The Hall–Kier alpha value is -1.14. The highest BCUT2D eigenvalue weighted by Gasteiger charge is 2.26. The van der Waals surface area contributed by atoms with Crippen LogP contribution < -0.4 is 5.73 Å². The molecule has 1 fully saturated rings. The van der Waals surface area contributed by atoms with Crippen molar-refractivity contribution in [1.29, 1.82) is 0 Å². The summed E-state index contributed by atoms with van der Waals surface area (Å²) in [6, 6.07) is -0.679. The first-order valence-corrected chi connectivity index (χ1v) is 5.33. The average Bonchev–Trinajstić information content (AvgIpc) is 2.41. The Balaban J connectivity index is 2.58. The lowest BCUT2D eigenvalue weighted by Crippen LogP contribution is -2.48. The van der Waals surface area contributed by atoms with Crippen molar-refractivity contribution in [2.75, 3.05) is 40.4 Å². The Morgan fingerprint density at radius 3 is 2.88 bits per heavy atom. The third-order valence-electron chi connectivity index (χ3n) is 2.65. The van der Waals surface area contributed by atoms with Gasteiger partial charge in [-0.1, -0.05) is 0 Å². The molecule has 0 spiro atoms. The zero-order valence-corrected chi connectivity index (χ0v) is 9.81. The van der Waals surface area contributed by atoms with Gasteiger partial charge in [0.1, 0.15) is 6.04 Å². The standard InChI is InChI=1S/C10H19N3O3/c1-12-4-3-5-13(6-9(12)14)10(15)8(11)7-16-2/h8H,3-7,11H2,1-2H3. The van der Waals surface area contributed by atoms with Crippen molar-refractivity contribution in [2.24, 2.45) is 5.73 Å². The summed E-state index contributed by atoms with van der Waals surface area (Å²) < 4.78 is 4.83. The predicted octanol–water partition coefficient (Wildman–Crippen LogP) is -1.35. The summed E-state index contributed by atoms with van der Waals surface area (Å²) in [6.07, 6.45) is 0.785. The van der Waals surface area contributed by atoms with Gasteiger partial charge in [0.2, 0.25) is 11.8 Å². The summed E-state index contributed by atoms with van der Waals surface area (Å²) in [5.74, 6) is -0.263. The van der Waals surface area contributed by atoms with Crippen molar-refractivity contribution in [2.45, 2.75) is 12.5 Å². The number of rotatable bonds is 3. The molecule has 1 unspecified atom stereocenters. The van der Waals surface area contributed by atoms with Crippen LogP contribution in [0.1, 0.15) is 6.42 Å². The van der Waals surface area contributed by atoms with Crippen LogP contribution in [-0.2, 0) is 14.3 Å². The first-order chi connectivity index (χ1) is 7.56. The van der Waals surface area contributed by atoms with E-state index >= 15 is 0 Å². The number of ether oxygens (including phenoxy) is 1. The number of likely N-dealkylation sites (N-methyl/N-ethyl adjacent to an activating group) is 1. The number of methoxy groups -OCH3 is 1. The zero-order chi connectivity index (χ0) is 12.1. The number of nitrogens with zero attached hydrogens (tertiary/aromatic N) is 2. The van der Waals surface area contributed by atoms with E-state index < -0.39 is 6.04 Å². The molecule has 16 heavy (non-hydrogen) atoms. The van der Waals surface area contributed by atoms with Crippen LogP contribution in [0.3, 0.4) is 0 Å². The normalized spacial score (nSPS) is 19.6. The molecule has 0 aromatic rings. The van der Waals surface area contributed by atoms with Crippen LogP contribution in [0.15, 0.2) is 0 Å². The molecule has 0 saturated carbocycles. The molecule has 2 N–H and O–H groups in total. The maximum absolute atomic E-state index is 11.8. The molecule has 1 saturated heterocycles. The van der Waals surface area contributed by atoms with Gasteiger partial charge < -0.3 is 20.3 Å². The van der Waals surface area contributed by atoms with Gasteiger partial charge in [-0.15, -0.1) is 0 Å². The molecule has 1 atom stereocenters. The molecule has 1 heterocycles. The first-order valence-electron chi connectivity index (χ1n) is 5.33. The van der Waals surface area contributed by atoms with Crippen LogP contribution in [0, 0.1) is 0 Å². The highest BCUT2D eigenvalue weighted by molar-refractivity contribution is 5.87. The van der Waals surface area contributed by atoms with E-state index in [1.54, 1.807) is 11.9 Å². The number of nitrogens with two attached hydrogens (primary N) is 1. The minimum atomic E-state index is -0.679. The van der Waals surface area contributed by atoms with Crippen LogP contribution >= 0.6 is 0 Å². The molecule has 1 aliphatic rings. The van der Waals surface area contributed by atoms with Gasteiger partial charge in [-0.25, -0.2) is 0 Å². The van der Waals surface area contributed by atoms with Crippen LogP contribution in [0.5, 0.6) is 0 Å². The van der Waals surface area contributed by atoms with E-state index in [9.17, 15) is 9.59 Å². The van der Waals surface area contributed by atoms with E-state index in [1.165, 1.54) is 12.0 Å². The van der Waals surface area contributed by atoms with Crippen molar-refractivity contribution in [3.05, 3.63) is 0 Å². The molecule has 2 amide bonds. The lowest BCUT2D eigenvalue weighted by molar-refractivity contribution is -0.139. The zero-order valence-electron chi connectivity index (χ0n) is 9.81. The lowest BCUT2D eigenvalue weighted by Gasteiger charge is -2.22. The molecule has 1 aliphatic heterocycles. The number of carbonyl (C=O) groups is 2. The molecule has 1 rings (SSSR count). The summed E-state index contributed by atoms with van der Waals surface area (Å²) in [7, 11) is 3.24. The Labute approximate surface area is 95.3 Å². The second kappa shape index (κ2) is 5.81. The van der Waals surface area contributed by atoms with Crippen molar-refractivity contribution in [3.63, 3.8) is 0 Å². The number of hydrogen-bond acceptors (Lipinski definition) is 4. The van der Waals surface area contributed by atoms with E-state index in [-0.39, 0.29) is 25.0 Å². The topological polar surface area (TPSA) is 75.9 Å². The van der Waals surface area contributed by atoms with Gasteiger partial charge in [0, 0.05) is 27.2 Å². The Morgan fingerprint density at radius 1 is 1.56 bits per heavy atom. The highest BCUT2D eigenvalue weighted by atomic mass is 16.5. The molecule has 92 valence electrons. The lowest BCUT2D eigenvalue weighted by atomic mass is 10.2. The molecular formula is C10H19N3O3. The quantitative estimate of drug-likeness (QED) is 0.649. The second-order valence-electron chi connectivity index (χ2n) is 3.99. The fourth-order valence-corrected chi connectivity index (χ4v) is 1.66. The molecule has 6 nitrogen and oxygen atoms in total. The number of carbonyl (C=O) groups excluding carboxylic acids is 2. The Bertz CT molecular complexity index is 270. The third-order valence-corrected chi connectivity index (χ3v) is 2.65. The predicted molar refractivity (Wildman–Crippen MR) is 58.7 cm³/mol. The Kier molecular flexibility index (Phi) is 4.70. The minimum Gasteiger partial charge on any atom is -0.383 e. The first kappa shape index (κ1) is 12.9. The fraction of sp³-hybridized carbons (Fsp3) is 0.800. The molecule has 6 heteroatoms. The summed E-state index contributed by atoms with van der Waals surface area (Å²) in [4.78, 5) is 26.6. The van der Waals surface area contributed by atoms with E-state index in [0.29, 0.717) is 13.1 Å².